The van der Waals surface area contributed by atoms with Crippen molar-refractivity contribution < 1.29 is 13.5 Å². The van der Waals surface area contributed by atoms with Gasteiger partial charge in [0, 0.05) is 5.39 Å². The van der Waals surface area contributed by atoms with Crippen molar-refractivity contribution in [3.05, 3.63) is 33.9 Å². The number of rotatable bonds is 2. The molecular formula is C11H7Cl2F2NO. The molecule has 6 heteroatoms. The van der Waals surface area contributed by atoms with Crippen molar-refractivity contribution in [2.45, 2.75) is 6.43 Å². The highest BCUT2D eigenvalue weighted by molar-refractivity contribution is 6.42. The van der Waals surface area contributed by atoms with Crippen LogP contribution in [-0.2, 0) is 0 Å². The van der Waals surface area contributed by atoms with Crippen molar-refractivity contribution in [2.75, 3.05) is 7.11 Å². The number of halogens is 4. The van der Waals surface area contributed by atoms with Crippen LogP contribution in [0.15, 0.2) is 18.2 Å². The molecule has 90 valence electrons. The molecule has 0 radical (unpaired) electrons. The number of methoxy groups -OCH3 is 1. The van der Waals surface area contributed by atoms with E-state index in [1.807, 2.05) is 0 Å². The van der Waals surface area contributed by atoms with Crippen molar-refractivity contribution >= 4 is 34.1 Å². The smallest absolute Gasteiger partial charge is 0.280 e. The van der Waals surface area contributed by atoms with E-state index in [1.165, 1.54) is 7.11 Å². The van der Waals surface area contributed by atoms with E-state index in [0.717, 1.165) is 6.07 Å². The molecule has 0 saturated heterocycles. The van der Waals surface area contributed by atoms with E-state index < -0.39 is 12.1 Å². The molecule has 2 aromatic rings. The first-order chi connectivity index (χ1) is 8.04. The molecule has 0 N–H and O–H groups in total. The molecule has 0 spiro atoms. The van der Waals surface area contributed by atoms with Gasteiger partial charge in [-0.2, -0.15) is 0 Å². The summed E-state index contributed by atoms with van der Waals surface area (Å²) in [6.45, 7) is 0. The van der Waals surface area contributed by atoms with Crippen LogP contribution in [-0.4, -0.2) is 12.1 Å². The summed E-state index contributed by atoms with van der Waals surface area (Å²) < 4.78 is 30.3. The number of alkyl halides is 2. The van der Waals surface area contributed by atoms with Crippen molar-refractivity contribution in [2.24, 2.45) is 0 Å². The van der Waals surface area contributed by atoms with Crippen LogP contribution in [0.4, 0.5) is 8.78 Å². The number of hydrogen-bond acceptors (Lipinski definition) is 2. The van der Waals surface area contributed by atoms with Crippen LogP contribution in [0.25, 0.3) is 10.9 Å². The molecule has 0 aliphatic carbocycles. The lowest BCUT2D eigenvalue weighted by Crippen LogP contribution is -1.95. The third-order valence-corrected chi connectivity index (χ3v) is 2.90. The van der Waals surface area contributed by atoms with Gasteiger partial charge in [0.2, 0.25) is 0 Å². The van der Waals surface area contributed by atoms with Gasteiger partial charge in [0.05, 0.1) is 17.2 Å². The highest BCUT2D eigenvalue weighted by Crippen LogP contribution is 2.36. The number of nitrogens with zero attached hydrogens (tertiary/aromatic N) is 1. The van der Waals surface area contributed by atoms with Gasteiger partial charge in [-0.3, -0.25) is 0 Å². The molecule has 1 aromatic heterocycles. The highest BCUT2D eigenvalue weighted by atomic mass is 35.5. The lowest BCUT2D eigenvalue weighted by molar-refractivity contribution is 0.146. The quantitative estimate of drug-likeness (QED) is 0.807. The van der Waals surface area contributed by atoms with Gasteiger partial charge in [-0.15, -0.1) is 0 Å². The van der Waals surface area contributed by atoms with Gasteiger partial charge in [0.25, 0.3) is 6.43 Å². The number of ether oxygens (including phenoxy) is 1. The molecule has 17 heavy (non-hydrogen) atoms. The van der Waals surface area contributed by atoms with Crippen LogP contribution in [0.1, 0.15) is 12.1 Å². The van der Waals surface area contributed by atoms with Gasteiger partial charge in [0.1, 0.15) is 17.0 Å². The standard InChI is InChI=1S/C11H7Cl2F2NO/c1-17-8-3-2-5(12)9-6(13)4-7(11(14)15)16-10(8)9/h2-4,11H,1H3. The number of hydrogen-bond donors (Lipinski definition) is 0. The number of aromatic nitrogens is 1. The fourth-order valence-corrected chi connectivity index (χ4v) is 2.13. The van der Waals surface area contributed by atoms with E-state index in [0.29, 0.717) is 16.2 Å². The predicted molar refractivity (Wildman–Crippen MR) is 63.3 cm³/mol. The maximum Gasteiger partial charge on any atom is 0.280 e. The molecule has 2 nitrogen and oxygen atoms in total. The maximum atomic E-state index is 12.6. The zero-order chi connectivity index (χ0) is 12.6. The van der Waals surface area contributed by atoms with E-state index in [4.69, 9.17) is 27.9 Å². The van der Waals surface area contributed by atoms with Gasteiger partial charge in [-0.05, 0) is 18.2 Å². The van der Waals surface area contributed by atoms with Crippen LogP contribution in [0.3, 0.4) is 0 Å². The summed E-state index contributed by atoms with van der Waals surface area (Å²) >= 11 is 11.9. The molecule has 0 saturated carbocycles. The van der Waals surface area contributed by atoms with Gasteiger partial charge >= 0.3 is 0 Å². The SMILES string of the molecule is COc1ccc(Cl)c2c(Cl)cc(C(F)F)nc12. The molecule has 2 rings (SSSR count). The summed E-state index contributed by atoms with van der Waals surface area (Å²) in [5, 5.41) is 0.894. The molecule has 0 fully saturated rings. The first-order valence-electron chi connectivity index (χ1n) is 4.65. The second-order valence-electron chi connectivity index (χ2n) is 3.30. The first kappa shape index (κ1) is 12.3. The molecule has 0 aliphatic rings. The Labute approximate surface area is 106 Å². The average Bonchev–Trinajstić information content (AvgIpc) is 2.28. The molecule has 0 atom stereocenters. The van der Waals surface area contributed by atoms with Crippen LogP contribution in [0.2, 0.25) is 10.0 Å². The van der Waals surface area contributed by atoms with Crippen molar-refractivity contribution in [3.8, 4) is 5.75 Å². The van der Waals surface area contributed by atoms with Crippen LogP contribution in [0.5, 0.6) is 5.75 Å². The topological polar surface area (TPSA) is 22.1 Å². The van der Waals surface area contributed by atoms with Gasteiger partial charge in [-0.1, -0.05) is 23.2 Å². The minimum absolute atomic E-state index is 0.134. The molecule has 1 heterocycles. The number of pyridine rings is 1. The normalized spacial score (nSPS) is 11.2. The van der Waals surface area contributed by atoms with Crippen LogP contribution in [0, 0.1) is 0 Å². The monoisotopic (exact) mass is 277 g/mol. The van der Waals surface area contributed by atoms with Crippen LogP contribution >= 0.6 is 23.2 Å². The Kier molecular flexibility index (Phi) is 3.35. The lowest BCUT2D eigenvalue weighted by atomic mass is 10.2. The second-order valence-corrected chi connectivity index (χ2v) is 4.12. The first-order valence-corrected chi connectivity index (χ1v) is 5.41. The fraction of sp³-hybridized carbons (Fsp3) is 0.182. The van der Waals surface area contributed by atoms with E-state index in [2.05, 4.69) is 4.98 Å². The van der Waals surface area contributed by atoms with Crippen molar-refractivity contribution in [3.63, 3.8) is 0 Å². The summed E-state index contributed by atoms with van der Waals surface area (Å²) in [7, 11) is 1.42. The molecule has 0 bridgehead atoms. The van der Waals surface area contributed by atoms with Gasteiger partial charge in [-0.25, -0.2) is 13.8 Å². The minimum atomic E-state index is -2.69. The van der Waals surface area contributed by atoms with Crippen molar-refractivity contribution in [1.82, 2.24) is 4.98 Å². The Morgan fingerprint density at radius 3 is 2.53 bits per heavy atom. The highest BCUT2D eigenvalue weighted by Gasteiger charge is 2.16. The molecule has 1 aromatic carbocycles. The molecule has 0 aliphatic heterocycles. The summed E-state index contributed by atoms with van der Waals surface area (Å²) in [6.07, 6.45) is -2.69. The summed E-state index contributed by atoms with van der Waals surface area (Å²) in [4.78, 5) is 3.82. The summed E-state index contributed by atoms with van der Waals surface area (Å²) in [6, 6.07) is 4.25. The van der Waals surface area contributed by atoms with Crippen LogP contribution < -0.4 is 4.74 Å². The third-order valence-electron chi connectivity index (χ3n) is 2.29. The molecule has 0 amide bonds. The molecule has 0 unspecified atom stereocenters. The Morgan fingerprint density at radius 2 is 1.94 bits per heavy atom. The van der Waals surface area contributed by atoms with Crippen molar-refractivity contribution in [1.29, 1.82) is 0 Å². The minimum Gasteiger partial charge on any atom is -0.494 e. The largest absolute Gasteiger partial charge is 0.494 e. The average molecular weight is 278 g/mol. The maximum absolute atomic E-state index is 12.6. The Bertz CT molecular complexity index is 575. The Morgan fingerprint density at radius 1 is 1.24 bits per heavy atom. The fourth-order valence-electron chi connectivity index (χ4n) is 1.53. The van der Waals surface area contributed by atoms with E-state index in [9.17, 15) is 8.78 Å². The Balaban J connectivity index is 2.85. The number of fused-ring (bicyclic) bond motifs is 1. The summed E-state index contributed by atoms with van der Waals surface area (Å²) in [5.74, 6) is 0.355. The zero-order valence-corrected chi connectivity index (χ0v) is 10.2. The van der Waals surface area contributed by atoms with Gasteiger partial charge in [0.15, 0.2) is 0 Å². The second kappa shape index (κ2) is 4.63. The number of benzene rings is 1. The van der Waals surface area contributed by atoms with E-state index >= 15 is 0 Å². The molecular weight excluding hydrogens is 271 g/mol. The third kappa shape index (κ3) is 2.15. The Hall–Kier alpha value is -1.13. The lowest BCUT2D eigenvalue weighted by Gasteiger charge is -2.09. The van der Waals surface area contributed by atoms with E-state index in [1.54, 1.807) is 12.1 Å². The van der Waals surface area contributed by atoms with E-state index in [-0.39, 0.29) is 10.5 Å². The summed E-state index contributed by atoms with van der Waals surface area (Å²) in [5.41, 5.74) is -0.161. The van der Waals surface area contributed by atoms with Gasteiger partial charge < -0.3 is 4.74 Å². The predicted octanol–water partition coefficient (Wildman–Crippen LogP) is 4.49. The zero-order valence-electron chi connectivity index (χ0n) is 8.68.